The molecule has 0 radical (unpaired) electrons. The van der Waals surface area contributed by atoms with Crippen LogP contribution in [0.25, 0.3) is 11.4 Å². The highest BCUT2D eigenvalue weighted by atomic mass is 79.9. The molecular weight excluding hydrogens is 267 g/mol. The molecule has 0 aliphatic carbocycles. The van der Waals surface area contributed by atoms with E-state index in [1.807, 2.05) is 6.92 Å². The first-order valence-electron chi connectivity index (χ1n) is 3.92. The molecule has 0 aliphatic rings. The average molecular weight is 273 g/mol. The van der Waals surface area contributed by atoms with Gasteiger partial charge in [0.1, 0.15) is 5.82 Å². The Bertz CT molecular complexity index is 470. The minimum Gasteiger partial charge on any atom is -0.208 e. The van der Waals surface area contributed by atoms with Crippen LogP contribution in [-0.2, 0) is 0 Å². The van der Waals surface area contributed by atoms with Gasteiger partial charge in [-0.3, -0.25) is 0 Å². The molecular formula is C9H6BrFN2S. The fraction of sp³-hybridized carbons (Fsp3) is 0.111. The van der Waals surface area contributed by atoms with Crippen molar-refractivity contribution in [1.82, 2.24) is 9.36 Å². The third-order valence-corrected chi connectivity index (χ3v) is 2.96. The Labute approximate surface area is 93.1 Å². The smallest absolute Gasteiger partial charge is 0.179 e. The van der Waals surface area contributed by atoms with E-state index in [1.54, 1.807) is 6.07 Å². The van der Waals surface area contributed by atoms with Crippen LogP contribution in [0.5, 0.6) is 0 Å². The van der Waals surface area contributed by atoms with Crippen molar-refractivity contribution in [3.8, 4) is 11.4 Å². The SMILES string of the molecule is Cc1ccc(F)cc1-c1nsc(Br)n1. The van der Waals surface area contributed by atoms with Gasteiger partial charge in [-0.2, -0.15) is 4.37 Å². The summed E-state index contributed by atoms with van der Waals surface area (Å²) in [4.78, 5) is 4.14. The molecule has 0 N–H and O–H groups in total. The van der Waals surface area contributed by atoms with E-state index < -0.39 is 0 Å². The third-order valence-electron chi connectivity index (χ3n) is 1.84. The zero-order chi connectivity index (χ0) is 10.1. The second kappa shape index (κ2) is 3.74. The van der Waals surface area contributed by atoms with Crippen molar-refractivity contribution in [3.63, 3.8) is 0 Å². The van der Waals surface area contributed by atoms with Crippen LogP contribution in [0.15, 0.2) is 22.1 Å². The van der Waals surface area contributed by atoms with E-state index in [2.05, 4.69) is 25.3 Å². The predicted molar refractivity (Wildman–Crippen MR) is 57.7 cm³/mol. The van der Waals surface area contributed by atoms with E-state index >= 15 is 0 Å². The lowest BCUT2D eigenvalue weighted by Gasteiger charge is -2.00. The molecule has 1 aromatic carbocycles. The van der Waals surface area contributed by atoms with Crippen LogP contribution >= 0.6 is 27.5 Å². The van der Waals surface area contributed by atoms with Crippen molar-refractivity contribution in [2.24, 2.45) is 0 Å². The van der Waals surface area contributed by atoms with Gasteiger partial charge in [0.25, 0.3) is 0 Å². The van der Waals surface area contributed by atoms with E-state index in [-0.39, 0.29) is 5.82 Å². The number of aromatic nitrogens is 2. The average Bonchev–Trinajstić information content (AvgIpc) is 2.56. The van der Waals surface area contributed by atoms with Crippen LogP contribution in [0.3, 0.4) is 0 Å². The number of hydrogen-bond donors (Lipinski definition) is 0. The summed E-state index contributed by atoms with van der Waals surface area (Å²) in [6, 6.07) is 4.60. The number of aryl methyl sites for hydroxylation is 1. The maximum absolute atomic E-state index is 13.0. The molecule has 1 aromatic heterocycles. The first-order chi connectivity index (χ1) is 6.66. The molecule has 0 unspecified atom stereocenters. The fourth-order valence-corrected chi connectivity index (χ4v) is 1.96. The van der Waals surface area contributed by atoms with E-state index in [9.17, 15) is 4.39 Å². The quantitative estimate of drug-likeness (QED) is 0.795. The van der Waals surface area contributed by atoms with Crippen LogP contribution in [0, 0.1) is 12.7 Å². The van der Waals surface area contributed by atoms with Gasteiger partial charge in [0.05, 0.1) is 0 Å². The summed E-state index contributed by atoms with van der Waals surface area (Å²) in [7, 11) is 0. The number of hydrogen-bond acceptors (Lipinski definition) is 3. The van der Waals surface area contributed by atoms with Crippen molar-refractivity contribution in [3.05, 3.63) is 33.5 Å². The maximum Gasteiger partial charge on any atom is 0.179 e. The number of nitrogens with zero attached hydrogens (tertiary/aromatic N) is 2. The van der Waals surface area contributed by atoms with Gasteiger partial charge in [-0.15, -0.1) is 0 Å². The molecule has 0 bridgehead atoms. The van der Waals surface area contributed by atoms with Gasteiger partial charge in [-0.1, -0.05) is 6.07 Å². The van der Waals surface area contributed by atoms with Crippen molar-refractivity contribution < 1.29 is 4.39 Å². The number of benzene rings is 1. The summed E-state index contributed by atoms with van der Waals surface area (Å²) in [5.41, 5.74) is 1.71. The molecule has 2 nitrogen and oxygen atoms in total. The monoisotopic (exact) mass is 272 g/mol. The summed E-state index contributed by atoms with van der Waals surface area (Å²) in [5, 5.41) is 0. The Morgan fingerprint density at radius 1 is 1.43 bits per heavy atom. The Kier molecular flexibility index (Phi) is 2.60. The largest absolute Gasteiger partial charge is 0.208 e. The zero-order valence-electron chi connectivity index (χ0n) is 7.29. The second-order valence-electron chi connectivity index (χ2n) is 2.83. The standard InChI is InChI=1S/C9H6BrFN2S/c1-5-2-3-6(11)4-7(5)8-12-9(10)14-13-8/h2-4H,1H3. The van der Waals surface area contributed by atoms with Gasteiger partial charge < -0.3 is 0 Å². The number of rotatable bonds is 1. The summed E-state index contributed by atoms with van der Waals surface area (Å²) in [5.74, 6) is 0.301. The fourth-order valence-electron chi connectivity index (χ4n) is 1.15. The van der Waals surface area contributed by atoms with E-state index in [0.717, 1.165) is 11.1 Å². The molecule has 1 heterocycles. The van der Waals surface area contributed by atoms with Gasteiger partial charge in [0.15, 0.2) is 9.74 Å². The van der Waals surface area contributed by atoms with Crippen LogP contribution in [0.2, 0.25) is 0 Å². The summed E-state index contributed by atoms with van der Waals surface area (Å²) in [6.07, 6.45) is 0. The third kappa shape index (κ3) is 1.83. The Morgan fingerprint density at radius 2 is 2.21 bits per heavy atom. The molecule has 0 atom stereocenters. The molecule has 2 aromatic rings. The van der Waals surface area contributed by atoms with Crippen molar-refractivity contribution in [2.45, 2.75) is 6.92 Å². The van der Waals surface area contributed by atoms with E-state index in [4.69, 9.17) is 0 Å². The highest BCUT2D eigenvalue weighted by molar-refractivity contribution is 9.11. The lowest BCUT2D eigenvalue weighted by atomic mass is 10.1. The van der Waals surface area contributed by atoms with E-state index in [1.165, 1.54) is 23.7 Å². The van der Waals surface area contributed by atoms with Crippen molar-refractivity contribution in [2.75, 3.05) is 0 Å². The Hall–Kier alpha value is -0.810. The minimum atomic E-state index is -0.267. The molecule has 0 amide bonds. The second-order valence-corrected chi connectivity index (χ2v) is 4.86. The first kappa shape index (κ1) is 9.73. The normalized spacial score (nSPS) is 10.5. The maximum atomic E-state index is 13.0. The molecule has 0 saturated carbocycles. The summed E-state index contributed by atoms with van der Waals surface area (Å²) >= 11 is 4.47. The van der Waals surface area contributed by atoms with Crippen molar-refractivity contribution in [1.29, 1.82) is 0 Å². The van der Waals surface area contributed by atoms with E-state index in [0.29, 0.717) is 9.74 Å². The lowest BCUT2D eigenvalue weighted by Crippen LogP contribution is -1.86. The summed E-state index contributed by atoms with van der Waals surface area (Å²) in [6.45, 7) is 1.91. The zero-order valence-corrected chi connectivity index (χ0v) is 9.69. The highest BCUT2D eigenvalue weighted by Gasteiger charge is 2.08. The molecule has 0 fully saturated rings. The molecule has 72 valence electrons. The van der Waals surface area contributed by atoms with Gasteiger partial charge in [0.2, 0.25) is 0 Å². The Morgan fingerprint density at radius 3 is 2.86 bits per heavy atom. The molecule has 0 aliphatic heterocycles. The van der Waals surface area contributed by atoms with Gasteiger partial charge in [-0.05, 0) is 52.1 Å². The molecule has 0 spiro atoms. The highest BCUT2D eigenvalue weighted by Crippen LogP contribution is 2.24. The van der Waals surface area contributed by atoms with Gasteiger partial charge in [0, 0.05) is 5.56 Å². The molecule has 0 saturated heterocycles. The van der Waals surface area contributed by atoms with Gasteiger partial charge >= 0.3 is 0 Å². The van der Waals surface area contributed by atoms with Crippen LogP contribution in [-0.4, -0.2) is 9.36 Å². The van der Waals surface area contributed by atoms with Crippen molar-refractivity contribution >= 4 is 27.5 Å². The first-order valence-corrected chi connectivity index (χ1v) is 5.49. The summed E-state index contributed by atoms with van der Waals surface area (Å²) < 4.78 is 17.8. The number of halogens is 2. The van der Waals surface area contributed by atoms with Gasteiger partial charge in [-0.25, -0.2) is 9.37 Å². The molecule has 2 rings (SSSR count). The lowest BCUT2D eigenvalue weighted by molar-refractivity contribution is 0.628. The Balaban J connectivity index is 2.55. The topological polar surface area (TPSA) is 25.8 Å². The van der Waals surface area contributed by atoms with Crippen LogP contribution in [0.1, 0.15) is 5.56 Å². The molecule has 5 heteroatoms. The minimum absolute atomic E-state index is 0.267. The van der Waals surface area contributed by atoms with Crippen LogP contribution < -0.4 is 0 Å². The molecule has 14 heavy (non-hydrogen) atoms. The van der Waals surface area contributed by atoms with Crippen LogP contribution in [0.4, 0.5) is 4.39 Å². The predicted octanol–water partition coefficient (Wildman–Crippen LogP) is 3.42.